The number of nitrogens with zero attached hydrogens (tertiary/aromatic N) is 4. The predicted octanol–water partition coefficient (Wildman–Crippen LogP) is 3.57. The van der Waals surface area contributed by atoms with E-state index in [1.165, 1.54) is 0 Å². The van der Waals surface area contributed by atoms with Crippen LogP contribution in [0.2, 0.25) is 0 Å². The van der Waals surface area contributed by atoms with Crippen LogP contribution in [0.1, 0.15) is 35.7 Å². The standard InChI is InChI=1S/C19H21N5O2/c1-13(2)24(12-15-7-5-4-6-8-15)18(25)16-9-10-20-19(21-16)22-17-11-14(3)26-23-17/h4-11,13H,12H2,1-3H3,(H,20,21,22,23). The number of carbonyl (C=O) groups is 1. The number of benzene rings is 1. The van der Waals surface area contributed by atoms with Crippen LogP contribution in [-0.2, 0) is 6.54 Å². The molecular weight excluding hydrogens is 330 g/mol. The Morgan fingerprint density at radius 3 is 2.65 bits per heavy atom. The molecule has 26 heavy (non-hydrogen) atoms. The Hall–Kier alpha value is -3.22. The van der Waals surface area contributed by atoms with Gasteiger partial charge in [-0.1, -0.05) is 35.5 Å². The Labute approximate surface area is 152 Å². The number of carbonyl (C=O) groups excluding carboxylic acids is 1. The number of aromatic nitrogens is 3. The van der Waals surface area contributed by atoms with Crippen molar-refractivity contribution in [3.8, 4) is 0 Å². The van der Waals surface area contributed by atoms with Gasteiger partial charge in [-0.15, -0.1) is 0 Å². The van der Waals surface area contributed by atoms with Crippen molar-refractivity contribution in [3.05, 3.63) is 65.7 Å². The zero-order valence-corrected chi connectivity index (χ0v) is 15.0. The van der Waals surface area contributed by atoms with Crippen molar-refractivity contribution in [2.75, 3.05) is 5.32 Å². The molecule has 0 saturated heterocycles. The van der Waals surface area contributed by atoms with Gasteiger partial charge in [0.15, 0.2) is 5.82 Å². The van der Waals surface area contributed by atoms with Gasteiger partial charge < -0.3 is 14.7 Å². The Kier molecular flexibility index (Phi) is 5.26. The molecule has 2 aromatic heterocycles. The lowest BCUT2D eigenvalue weighted by molar-refractivity contribution is 0.0684. The van der Waals surface area contributed by atoms with Gasteiger partial charge in [0.1, 0.15) is 11.5 Å². The van der Waals surface area contributed by atoms with Crippen LogP contribution in [0.15, 0.2) is 53.2 Å². The molecule has 0 bridgehead atoms. The first-order chi connectivity index (χ1) is 12.5. The third-order valence-corrected chi connectivity index (χ3v) is 3.82. The minimum atomic E-state index is -0.148. The average molecular weight is 351 g/mol. The maximum absolute atomic E-state index is 13.0. The van der Waals surface area contributed by atoms with Gasteiger partial charge in [0.25, 0.3) is 5.91 Å². The molecule has 1 amide bonds. The summed E-state index contributed by atoms with van der Waals surface area (Å²) in [4.78, 5) is 23.2. The molecule has 1 aromatic carbocycles. The Balaban J connectivity index is 1.79. The zero-order valence-electron chi connectivity index (χ0n) is 15.0. The molecule has 0 radical (unpaired) electrons. The van der Waals surface area contributed by atoms with Gasteiger partial charge >= 0.3 is 0 Å². The van der Waals surface area contributed by atoms with Crippen molar-refractivity contribution in [1.82, 2.24) is 20.0 Å². The summed E-state index contributed by atoms with van der Waals surface area (Å²) < 4.78 is 5.01. The Morgan fingerprint density at radius 2 is 2.00 bits per heavy atom. The molecule has 0 saturated carbocycles. The second-order valence-electron chi connectivity index (χ2n) is 6.23. The summed E-state index contributed by atoms with van der Waals surface area (Å²) in [6.07, 6.45) is 1.55. The topological polar surface area (TPSA) is 84.2 Å². The highest BCUT2D eigenvalue weighted by molar-refractivity contribution is 5.92. The number of amides is 1. The average Bonchev–Trinajstić information content (AvgIpc) is 3.05. The van der Waals surface area contributed by atoms with E-state index in [0.717, 1.165) is 5.56 Å². The van der Waals surface area contributed by atoms with Crippen LogP contribution in [0.3, 0.4) is 0 Å². The van der Waals surface area contributed by atoms with Crippen LogP contribution in [-0.4, -0.2) is 32.0 Å². The van der Waals surface area contributed by atoms with Crippen molar-refractivity contribution in [3.63, 3.8) is 0 Å². The van der Waals surface area contributed by atoms with Crippen LogP contribution in [0, 0.1) is 6.92 Å². The molecule has 0 spiro atoms. The molecular formula is C19H21N5O2. The third-order valence-electron chi connectivity index (χ3n) is 3.82. The first kappa shape index (κ1) is 17.6. The second-order valence-corrected chi connectivity index (χ2v) is 6.23. The van der Waals surface area contributed by atoms with Crippen molar-refractivity contribution < 1.29 is 9.32 Å². The lowest BCUT2D eigenvalue weighted by Crippen LogP contribution is -2.37. The minimum absolute atomic E-state index is 0.0345. The fourth-order valence-corrected chi connectivity index (χ4v) is 2.49. The minimum Gasteiger partial charge on any atom is -0.360 e. The highest BCUT2D eigenvalue weighted by atomic mass is 16.5. The van der Waals surface area contributed by atoms with Gasteiger partial charge in [0, 0.05) is 24.8 Å². The molecule has 3 rings (SSSR count). The van der Waals surface area contributed by atoms with E-state index in [9.17, 15) is 4.79 Å². The van der Waals surface area contributed by atoms with Crippen LogP contribution in [0.4, 0.5) is 11.8 Å². The van der Waals surface area contributed by atoms with E-state index in [4.69, 9.17) is 4.52 Å². The quantitative estimate of drug-likeness (QED) is 0.731. The third kappa shape index (κ3) is 4.24. The van der Waals surface area contributed by atoms with Crippen LogP contribution >= 0.6 is 0 Å². The fraction of sp³-hybridized carbons (Fsp3) is 0.263. The van der Waals surface area contributed by atoms with E-state index in [1.807, 2.05) is 44.2 Å². The molecule has 3 aromatic rings. The van der Waals surface area contributed by atoms with E-state index in [-0.39, 0.29) is 11.9 Å². The van der Waals surface area contributed by atoms with Crippen LogP contribution in [0.25, 0.3) is 0 Å². The normalized spacial score (nSPS) is 10.8. The van der Waals surface area contributed by atoms with E-state index in [2.05, 4.69) is 20.4 Å². The summed E-state index contributed by atoms with van der Waals surface area (Å²) >= 11 is 0. The lowest BCUT2D eigenvalue weighted by Gasteiger charge is -2.26. The first-order valence-electron chi connectivity index (χ1n) is 8.41. The highest BCUT2D eigenvalue weighted by Crippen LogP contribution is 2.15. The first-order valence-corrected chi connectivity index (χ1v) is 8.41. The van der Waals surface area contributed by atoms with E-state index in [0.29, 0.717) is 29.8 Å². The summed E-state index contributed by atoms with van der Waals surface area (Å²) in [6, 6.07) is 13.3. The number of aryl methyl sites for hydroxylation is 1. The highest BCUT2D eigenvalue weighted by Gasteiger charge is 2.21. The molecule has 0 aliphatic carbocycles. The van der Waals surface area contributed by atoms with Crippen molar-refractivity contribution in [1.29, 1.82) is 0 Å². The molecule has 134 valence electrons. The van der Waals surface area contributed by atoms with Gasteiger partial charge in [0.05, 0.1) is 0 Å². The monoisotopic (exact) mass is 351 g/mol. The van der Waals surface area contributed by atoms with E-state index in [1.54, 1.807) is 30.2 Å². The predicted molar refractivity (Wildman–Crippen MR) is 98.0 cm³/mol. The van der Waals surface area contributed by atoms with Gasteiger partial charge in [-0.05, 0) is 32.4 Å². The largest absolute Gasteiger partial charge is 0.360 e. The number of hydrogen-bond acceptors (Lipinski definition) is 6. The number of hydrogen-bond donors (Lipinski definition) is 1. The number of rotatable bonds is 6. The molecule has 0 aliphatic rings. The summed E-state index contributed by atoms with van der Waals surface area (Å²) in [5.74, 6) is 1.32. The summed E-state index contributed by atoms with van der Waals surface area (Å²) in [6.45, 7) is 6.29. The molecule has 1 N–H and O–H groups in total. The lowest BCUT2D eigenvalue weighted by atomic mass is 10.1. The van der Waals surface area contributed by atoms with Crippen molar-refractivity contribution in [2.24, 2.45) is 0 Å². The molecule has 2 heterocycles. The van der Waals surface area contributed by atoms with Crippen LogP contribution < -0.4 is 5.32 Å². The molecule has 0 atom stereocenters. The maximum Gasteiger partial charge on any atom is 0.273 e. The number of nitrogens with one attached hydrogen (secondary N) is 1. The molecule has 0 aliphatic heterocycles. The SMILES string of the molecule is Cc1cc(Nc2nccc(C(=O)N(Cc3ccccc3)C(C)C)n2)no1. The van der Waals surface area contributed by atoms with Gasteiger partial charge in [-0.3, -0.25) is 4.79 Å². The second kappa shape index (κ2) is 7.77. The van der Waals surface area contributed by atoms with E-state index < -0.39 is 0 Å². The van der Waals surface area contributed by atoms with Gasteiger partial charge in [0.2, 0.25) is 5.95 Å². The smallest absolute Gasteiger partial charge is 0.273 e. The Morgan fingerprint density at radius 1 is 1.23 bits per heavy atom. The maximum atomic E-state index is 13.0. The van der Waals surface area contributed by atoms with Crippen molar-refractivity contribution in [2.45, 2.75) is 33.4 Å². The molecule has 7 nitrogen and oxygen atoms in total. The van der Waals surface area contributed by atoms with Crippen LogP contribution in [0.5, 0.6) is 0 Å². The Bertz CT molecular complexity index is 876. The molecule has 0 fully saturated rings. The number of anilines is 2. The van der Waals surface area contributed by atoms with Gasteiger partial charge in [-0.2, -0.15) is 0 Å². The fourth-order valence-electron chi connectivity index (χ4n) is 2.49. The molecule has 0 unspecified atom stereocenters. The summed E-state index contributed by atoms with van der Waals surface area (Å²) in [5.41, 5.74) is 1.40. The molecule has 7 heteroatoms. The van der Waals surface area contributed by atoms with E-state index >= 15 is 0 Å². The van der Waals surface area contributed by atoms with Gasteiger partial charge in [-0.25, -0.2) is 9.97 Å². The zero-order chi connectivity index (χ0) is 18.5. The summed E-state index contributed by atoms with van der Waals surface area (Å²) in [5, 5.41) is 6.78. The summed E-state index contributed by atoms with van der Waals surface area (Å²) in [7, 11) is 0. The van der Waals surface area contributed by atoms with Crippen molar-refractivity contribution >= 4 is 17.7 Å².